The van der Waals surface area contributed by atoms with Crippen LogP contribution in [0, 0.1) is 6.92 Å². The van der Waals surface area contributed by atoms with E-state index in [-0.39, 0.29) is 11.7 Å². The molecular formula is C9H10ClNO. The van der Waals surface area contributed by atoms with Crippen molar-refractivity contribution in [3.05, 3.63) is 29.6 Å². The van der Waals surface area contributed by atoms with E-state index in [2.05, 4.69) is 4.98 Å². The highest BCUT2D eigenvalue weighted by atomic mass is 35.5. The summed E-state index contributed by atoms with van der Waals surface area (Å²) in [5.74, 6) is 0.0741. The second kappa shape index (κ2) is 4.21. The summed E-state index contributed by atoms with van der Waals surface area (Å²) in [6.45, 7) is 1.90. The second-order valence-electron chi connectivity index (χ2n) is 2.62. The van der Waals surface area contributed by atoms with E-state index in [4.69, 9.17) is 11.6 Å². The number of nitrogens with zero attached hydrogens (tertiary/aromatic N) is 1. The van der Waals surface area contributed by atoms with Crippen LogP contribution in [0.15, 0.2) is 18.2 Å². The molecule has 0 aliphatic heterocycles. The van der Waals surface area contributed by atoms with E-state index < -0.39 is 0 Å². The van der Waals surface area contributed by atoms with Crippen molar-refractivity contribution < 1.29 is 4.79 Å². The number of aryl methyl sites for hydroxylation is 1. The number of alkyl halides is 1. The molecule has 0 atom stereocenters. The Hall–Kier alpha value is -0.890. The van der Waals surface area contributed by atoms with Crippen LogP contribution >= 0.6 is 11.6 Å². The number of Topliss-reactive ketones (excluding diaryl/α,β-unsaturated/α-hetero) is 1. The van der Waals surface area contributed by atoms with Gasteiger partial charge in [0.2, 0.25) is 0 Å². The van der Waals surface area contributed by atoms with Gasteiger partial charge in [-0.2, -0.15) is 0 Å². The zero-order chi connectivity index (χ0) is 8.97. The van der Waals surface area contributed by atoms with E-state index in [9.17, 15) is 4.79 Å². The lowest BCUT2D eigenvalue weighted by molar-refractivity contribution is -0.116. The molecule has 0 saturated carbocycles. The minimum Gasteiger partial charge on any atom is -0.298 e. The van der Waals surface area contributed by atoms with E-state index in [1.807, 2.05) is 25.1 Å². The number of aromatic nitrogens is 1. The summed E-state index contributed by atoms with van der Waals surface area (Å²) in [7, 11) is 0. The lowest BCUT2D eigenvalue weighted by Gasteiger charge is -1.98. The van der Waals surface area contributed by atoms with Crippen LogP contribution in [0.1, 0.15) is 11.4 Å². The Morgan fingerprint density at radius 1 is 1.58 bits per heavy atom. The van der Waals surface area contributed by atoms with E-state index in [0.29, 0.717) is 6.42 Å². The first kappa shape index (κ1) is 9.20. The zero-order valence-corrected chi connectivity index (χ0v) is 7.64. The maximum atomic E-state index is 10.9. The summed E-state index contributed by atoms with van der Waals surface area (Å²) < 4.78 is 0. The molecule has 0 spiro atoms. The number of halogens is 1. The summed E-state index contributed by atoms with van der Waals surface area (Å²) in [5.41, 5.74) is 1.72. The third-order valence-corrected chi connectivity index (χ3v) is 1.77. The molecular weight excluding hydrogens is 174 g/mol. The van der Waals surface area contributed by atoms with Crippen LogP contribution in [0.3, 0.4) is 0 Å². The Labute approximate surface area is 76.6 Å². The SMILES string of the molecule is Cc1cccc(CC(=O)CCl)n1. The molecule has 0 N–H and O–H groups in total. The maximum absolute atomic E-state index is 10.9. The molecule has 0 radical (unpaired) electrons. The van der Waals surface area contributed by atoms with Gasteiger partial charge >= 0.3 is 0 Å². The monoisotopic (exact) mass is 183 g/mol. The number of carbonyl (C=O) groups excluding carboxylic acids is 1. The van der Waals surface area contributed by atoms with Crippen molar-refractivity contribution in [3.63, 3.8) is 0 Å². The predicted octanol–water partition coefficient (Wildman–Crippen LogP) is 1.74. The Morgan fingerprint density at radius 2 is 2.33 bits per heavy atom. The van der Waals surface area contributed by atoms with Gasteiger partial charge in [0.1, 0.15) is 0 Å². The number of rotatable bonds is 3. The molecule has 12 heavy (non-hydrogen) atoms. The quantitative estimate of drug-likeness (QED) is 0.669. The molecule has 1 rings (SSSR count). The van der Waals surface area contributed by atoms with Crippen LogP contribution < -0.4 is 0 Å². The molecule has 0 amide bonds. The van der Waals surface area contributed by atoms with Gasteiger partial charge in [-0.1, -0.05) is 6.07 Å². The summed E-state index contributed by atoms with van der Waals surface area (Å²) in [6, 6.07) is 5.62. The molecule has 0 aromatic carbocycles. The molecule has 0 aliphatic rings. The first-order valence-corrected chi connectivity index (χ1v) is 4.26. The summed E-state index contributed by atoms with van der Waals surface area (Å²) in [4.78, 5) is 15.1. The molecule has 3 heteroatoms. The Morgan fingerprint density at radius 3 is 2.92 bits per heavy atom. The predicted molar refractivity (Wildman–Crippen MR) is 48.4 cm³/mol. The van der Waals surface area contributed by atoms with E-state index in [1.54, 1.807) is 0 Å². The van der Waals surface area contributed by atoms with Gasteiger partial charge in [0.15, 0.2) is 5.78 Å². The number of hydrogen-bond donors (Lipinski definition) is 0. The van der Waals surface area contributed by atoms with Crippen molar-refractivity contribution in [2.24, 2.45) is 0 Å². The maximum Gasteiger partial charge on any atom is 0.153 e. The Balaban J connectivity index is 2.69. The molecule has 1 aromatic rings. The van der Waals surface area contributed by atoms with Crippen LogP contribution in [0.25, 0.3) is 0 Å². The molecule has 0 bridgehead atoms. The average Bonchev–Trinajstić information content (AvgIpc) is 2.04. The minimum atomic E-state index is 0.00904. The highest BCUT2D eigenvalue weighted by molar-refractivity contribution is 6.27. The van der Waals surface area contributed by atoms with Crippen molar-refractivity contribution in [2.75, 3.05) is 5.88 Å². The summed E-state index contributed by atoms with van der Waals surface area (Å²) >= 11 is 5.36. The van der Waals surface area contributed by atoms with Crippen LogP contribution in [0.5, 0.6) is 0 Å². The number of ketones is 1. The third-order valence-electron chi connectivity index (χ3n) is 1.47. The van der Waals surface area contributed by atoms with Crippen molar-refractivity contribution in [3.8, 4) is 0 Å². The van der Waals surface area contributed by atoms with Crippen molar-refractivity contribution in [1.82, 2.24) is 4.98 Å². The molecule has 0 aliphatic carbocycles. The van der Waals surface area contributed by atoms with Gasteiger partial charge < -0.3 is 0 Å². The summed E-state index contributed by atoms with van der Waals surface area (Å²) in [5, 5.41) is 0. The van der Waals surface area contributed by atoms with Gasteiger partial charge in [-0.3, -0.25) is 9.78 Å². The van der Waals surface area contributed by atoms with E-state index >= 15 is 0 Å². The fraction of sp³-hybridized carbons (Fsp3) is 0.333. The van der Waals surface area contributed by atoms with Gasteiger partial charge in [-0.05, 0) is 19.1 Å². The fourth-order valence-electron chi connectivity index (χ4n) is 0.947. The van der Waals surface area contributed by atoms with Crippen molar-refractivity contribution in [2.45, 2.75) is 13.3 Å². The van der Waals surface area contributed by atoms with Gasteiger partial charge in [0.25, 0.3) is 0 Å². The van der Waals surface area contributed by atoms with Crippen LogP contribution in [0.2, 0.25) is 0 Å². The lowest BCUT2D eigenvalue weighted by atomic mass is 10.2. The van der Waals surface area contributed by atoms with Gasteiger partial charge in [0, 0.05) is 17.8 Å². The minimum absolute atomic E-state index is 0.00904. The molecule has 0 unspecified atom stereocenters. The highest BCUT2D eigenvalue weighted by Crippen LogP contribution is 2.00. The van der Waals surface area contributed by atoms with Crippen molar-refractivity contribution >= 4 is 17.4 Å². The number of pyridine rings is 1. The molecule has 1 aromatic heterocycles. The lowest BCUT2D eigenvalue weighted by Crippen LogP contribution is -2.05. The average molecular weight is 184 g/mol. The fourth-order valence-corrected chi connectivity index (χ4v) is 1.04. The largest absolute Gasteiger partial charge is 0.298 e. The van der Waals surface area contributed by atoms with Crippen LogP contribution in [-0.4, -0.2) is 16.6 Å². The number of carbonyl (C=O) groups is 1. The van der Waals surface area contributed by atoms with Crippen LogP contribution in [0.4, 0.5) is 0 Å². The first-order chi connectivity index (χ1) is 5.72. The zero-order valence-electron chi connectivity index (χ0n) is 6.88. The standard InChI is InChI=1S/C9H10ClNO/c1-7-3-2-4-8(11-7)5-9(12)6-10/h2-4H,5-6H2,1H3. The van der Waals surface area contributed by atoms with E-state index in [0.717, 1.165) is 11.4 Å². The Kier molecular flexibility index (Phi) is 3.23. The molecule has 64 valence electrons. The van der Waals surface area contributed by atoms with Gasteiger partial charge in [-0.25, -0.2) is 0 Å². The molecule has 2 nitrogen and oxygen atoms in total. The normalized spacial score (nSPS) is 9.83. The van der Waals surface area contributed by atoms with Crippen LogP contribution in [-0.2, 0) is 11.2 Å². The summed E-state index contributed by atoms with van der Waals surface area (Å²) in [6.07, 6.45) is 0.338. The molecule has 0 saturated heterocycles. The second-order valence-corrected chi connectivity index (χ2v) is 2.89. The smallest absolute Gasteiger partial charge is 0.153 e. The van der Waals surface area contributed by atoms with Crippen molar-refractivity contribution in [1.29, 1.82) is 0 Å². The van der Waals surface area contributed by atoms with E-state index in [1.165, 1.54) is 0 Å². The van der Waals surface area contributed by atoms with Gasteiger partial charge in [0.05, 0.1) is 5.88 Å². The van der Waals surface area contributed by atoms with Gasteiger partial charge in [-0.15, -0.1) is 11.6 Å². The highest BCUT2D eigenvalue weighted by Gasteiger charge is 2.02. The molecule has 1 heterocycles. The first-order valence-electron chi connectivity index (χ1n) is 3.72. The number of hydrogen-bond acceptors (Lipinski definition) is 2. The Bertz CT molecular complexity index is 286. The topological polar surface area (TPSA) is 30.0 Å². The molecule has 0 fully saturated rings. The third kappa shape index (κ3) is 2.62.